The van der Waals surface area contributed by atoms with E-state index in [1.54, 1.807) is 0 Å². The average Bonchev–Trinajstić information content (AvgIpc) is 2.40. The van der Waals surface area contributed by atoms with Crippen LogP contribution in [0.15, 0.2) is 22.8 Å². The van der Waals surface area contributed by atoms with Crippen molar-refractivity contribution in [3.63, 3.8) is 0 Å². The maximum absolute atomic E-state index is 12.4. The molecule has 1 aromatic rings. The van der Waals surface area contributed by atoms with Crippen LogP contribution in [0.25, 0.3) is 0 Å². The molecule has 0 aliphatic rings. The number of aliphatic hydroxyl groups is 1. The van der Waals surface area contributed by atoms with Gasteiger partial charge in [-0.2, -0.15) is 26.3 Å². The lowest BCUT2D eigenvalue weighted by Crippen LogP contribution is -2.54. The van der Waals surface area contributed by atoms with Gasteiger partial charge in [-0.15, -0.1) is 0 Å². The normalized spacial score (nSPS) is 11.8. The molecule has 0 amide bonds. The second kappa shape index (κ2) is 8.57. The molecule has 0 fully saturated rings. The van der Waals surface area contributed by atoms with E-state index >= 15 is 0 Å². The molecule has 0 radical (unpaired) electrons. The molecule has 0 aliphatic heterocycles. The molecule has 9 heteroatoms. The van der Waals surface area contributed by atoms with Crippen LogP contribution in [0.3, 0.4) is 0 Å². The molecular formula is C12H16BrF6NO. The summed E-state index contributed by atoms with van der Waals surface area (Å²) in [5.74, 6) is 0. The fourth-order valence-electron chi connectivity index (χ4n) is 1.06. The molecule has 21 heavy (non-hydrogen) atoms. The van der Waals surface area contributed by atoms with Gasteiger partial charge in [-0.1, -0.05) is 33.8 Å². The van der Waals surface area contributed by atoms with Gasteiger partial charge < -0.3 is 5.11 Å². The quantitative estimate of drug-likeness (QED) is 0.533. The summed E-state index contributed by atoms with van der Waals surface area (Å²) in [5, 5.41) is 8.95. The van der Waals surface area contributed by atoms with E-state index in [1.807, 2.05) is 27.7 Å². The van der Waals surface area contributed by atoms with Gasteiger partial charge in [0.15, 0.2) is 0 Å². The Morgan fingerprint density at radius 3 is 1.57 bits per heavy atom. The fourth-order valence-corrected chi connectivity index (χ4v) is 1.40. The van der Waals surface area contributed by atoms with Crippen LogP contribution in [0.2, 0.25) is 0 Å². The first-order valence-electron chi connectivity index (χ1n) is 5.99. The third-order valence-electron chi connectivity index (χ3n) is 1.91. The standard InChI is InChI=1S/C8H4BrF6NO.2C2H6/c9-5-3-1-2-4(16-5)6(17,7(10,11)12)8(13,14)15;2*1-2/h1-3,17H;2*1-2H3. The molecule has 2 nitrogen and oxygen atoms in total. The van der Waals surface area contributed by atoms with E-state index < -0.39 is 23.6 Å². The van der Waals surface area contributed by atoms with Gasteiger partial charge in [-0.3, -0.25) is 0 Å². The number of hydrogen-bond acceptors (Lipinski definition) is 2. The predicted octanol–water partition coefficient (Wildman–Crippen LogP) is 5.21. The van der Waals surface area contributed by atoms with Crippen LogP contribution in [-0.4, -0.2) is 22.4 Å². The highest BCUT2D eigenvalue weighted by atomic mass is 79.9. The van der Waals surface area contributed by atoms with Crippen LogP contribution < -0.4 is 0 Å². The largest absolute Gasteiger partial charge is 0.432 e. The SMILES string of the molecule is CC.CC.OC(c1cccc(Br)n1)(C(F)(F)F)C(F)(F)F. The Bertz CT molecular complexity index is 405. The zero-order valence-corrected chi connectivity index (χ0v) is 13.4. The first-order valence-corrected chi connectivity index (χ1v) is 6.78. The summed E-state index contributed by atoms with van der Waals surface area (Å²) in [6.45, 7) is 8.00. The monoisotopic (exact) mass is 383 g/mol. The predicted molar refractivity (Wildman–Crippen MR) is 70.6 cm³/mol. The fraction of sp³-hybridized carbons (Fsp3) is 0.583. The Morgan fingerprint density at radius 2 is 1.29 bits per heavy atom. The van der Waals surface area contributed by atoms with Crippen molar-refractivity contribution in [2.45, 2.75) is 45.6 Å². The molecule has 0 aliphatic carbocycles. The van der Waals surface area contributed by atoms with Gasteiger partial charge in [0.2, 0.25) is 0 Å². The lowest BCUT2D eigenvalue weighted by Gasteiger charge is -2.31. The molecule has 0 bridgehead atoms. The summed E-state index contributed by atoms with van der Waals surface area (Å²) >= 11 is 2.63. The number of pyridine rings is 1. The van der Waals surface area contributed by atoms with Crippen LogP contribution in [-0.2, 0) is 5.60 Å². The number of aromatic nitrogens is 1. The second-order valence-corrected chi connectivity index (χ2v) is 3.86. The summed E-state index contributed by atoms with van der Waals surface area (Å²) in [5.41, 5.74) is -6.52. The topological polar surface area (TPSA) is 33.1 Å². The highest BCUT2D eigenvalue weighted by Gasteiger charge is 2.72. The van der Waals surface area contributed by atoms with Crippen LogP contribution in [0.5, 0.6) is 0 Å². The molecule has 1 aromatic heterocycles. The summed E-state index contributed by atoms with van der Waals surface area (Å²) in [4.78, 5) is 3.00. The Balaban J connectivity index is 0. The minimum absolute atomic E-state index is 0.248. The Hall–Kier alpha value is -0.830. The van der Waals surface area contributed by atoms with Gasteiger partial charge in [0, 0.05) is 0 Å². The smallest absolute Gasteiger partial charge is 0.368 e. The number of nitrogens with zero attached hydrogens (tertiary/aromatic N) is 1. The minimum Gasteiger partial charge on any atom is -0.368 e. The van der Waals surface area contributed by atoms with Gasteiger partial charge in [-0.25, -0.2) is 4.98 Å². The Kier molecular flexibility index (Phi) is 9.17. The van der Waals surface area contributed by atoms with E-state index in [0.717, 1.165) is 12.1 Å². The van der Waals surface area contributed by atoms with Crippen molar-refractivity contribution in [2.24, 2.45) is 0 Å². The molecular weight excluding hydrogens is 368 g/mol. The maximum atomic E-state index is 12.4. The molecule has 0 saturated carbocycles. The van der Waals surface area contributed by atoms with E-state index in [1.165, 1.54) is 0 Å². The van der Waals surface area contributed by atoms with Crippen molar-refractivity contribution in [3.05, 3.63) is 28.5 Å². The van der Waals surface area contributed by atoms with Crippen molar-refractivity contribution in [1.29, 1.82) is 0 Å². The van der Waals surface area contributed by atoms with Gasteiger partial charge in [0.1, 0.15) is 4.60 Å². The van der Waals surface area contributed by atoms with Crippen LogP contribution in [0, 0.1) is 0 Å². The highest BCUT2D eigenvalue weighted by Crippen LogP contribution is 2.49. The molecule has 0 aromatic carbocycles. The van der Waals surface area contributed by atoms with Crippen molar-refractivity contribution >= 4 is 15.9 Å². The molecule has 1 N–H and O–H groups in total. The number of hydrogen-bond donors (Lipinski definition) is 1. The first kappa shape index (κ1) is 22.5. The van der Waals surface area contributed by atoms with Crippen molar-refractivity contribution in [1.82, 2.24) is 4.98 Å². The molecule has 0 saturated heterocycles. The van der Waals surface area contributed by atoms with Crippen LogP contribution >= 0.6 is 15.9 Å². The summed E-state index contributed by atoms with van der Waals surface area (Å²) in [6, 6.07) is 2.50. The maximum Gasteiger partial charge on any atom is 0.432 e. The lowest BCUT2D eigenvalue weighted by atomic mass is 9.97. The summed E-state index contributed by atoms with van der Waals surface area (Å²) in [6.07, 6.45) is -11.8. The number of halogens is 7. The van der Waals surface area contributed by atoms with Crippen LogP contribution in [0.4, 0.5) is 26.3 Å². The van der Waals surface area contributed by atoms with E-state index in [-0.39, 0.29) is 4.60 Å². The molecule has 0 spiro atoms. The van der Waals surface area contributed by atoms with E-state index in [9.17, 15) is 26.3 Å². The molecule has 124 valence electrons. The summed E-state index contributed by atoms with van der Waals surface area (Å²) < 4.78 is 74.1. The van der Waals surface area contributed by atoms with E-state index in [4.69, 9.17) is 5.11 Å². The van der Waals surface area contributed by atoms with Gasteiger partial charge >= 0.3 is 12.4 Å². The van der Waals surface area contributed by atoms with E-state index in [0.29, 0.717) is 6.07 Å². The van der Waals surface area contributed by atoms with Crippen molar-refractivity contribution < 1.29 is 31.4 Å². The molecule has 0 atom stereocenters. The molecule has 1 heterocycles. The summed E-state index contributed by atoms with van der Waals surface area (Å²) in [7, 11) is 0. The number of rotatable bonds is 1. The molecule has 0 unspecified atom stereocenters. The third kappa shape index (κ3) is 5.14. The average molecular weight is 384 g/mol. The Labute approximate surface area is 127 Å². The zero-order valence-electron chi connectivity index (χ0n) is 11.8. The van der Waals surface area contributed by atoms with E-state index in [2.05, 4.69) is 20.9 Å². The highest BCUT2D eigenvalue weighted by molar-refractivity contribution is 9.10. The van der Waals surface area contributed by atoms with Crippen LogP contribution in [0.1, 0.15) is 33.4 Å². The second-order valence-electron chi connectivity index (χ2n) is 3.05. The van der Waals surface area contributed by atoms with Gasteiger partial charge in [0.25, 0.3) is 5.60 Å². The van der Waals surface area contributed by atoms with Crippen molar-refractivity contribution in [3.8, 4) is 0 Å². The number of alkyl halides is 6. The van der Waals surface area contributed by atoms with Gasteiger partial charge in [-0.05, 0) is 28.1 Å². The van der Waals surface area contributed by atoms with Crippen molar-refractivity contribution in [2.75, 3.05) is 0 Å². The zero-order chi connectivity index (χ0) is 17.5. The molecule has 1 rings (SSSR count). The minimum atomic E-state index is -5.92. The lowest BCUT2D eigenvalue weighted by molar-refractivity contribution is -0.377. The van der Waals surface area contributed by atoms with Gasteiger partial charge in [0.05, 0.1) is 5.69 Å². The third-order valence-corrected chi connectivity index (χ3v) is 2.35. The Morgan fingerprint density at radius 1 is 0.905 bits per heavy atom. The first-order chi connectivity index (χ1) is 9.50.